The fourth-order valence-corrected chi connectivity index (χ4v) is 3.57. The van der Waals surface area contributed by atoms with Crippen LogP contribution in [0.2, 0.25) is 0 Å². The van der Waals surface area contributed by atoms with E-state index in [1.165, 1.54) is 4.21 Å². The molecule has 3 nitrogen and oxygen atoms in total. The largest absolute Gasteiger partial charge is 0.480 e. The van der Waals surface area contributed by atoms with Crippen LogP contribution in [0.5, 0.6) is 0 Å². The first-order valence-electron chi connectivity index (χ1n) is 4.64. The number of hydrogen-bond acceptors (Lipinski definition) is 4. The van der Waals surface area contributed by atoms with Crippen LogP contribution in [0, 0.1) is 0 Å². The summed E-state index contributed by atoms with van der Waals surface area (Å²) < 4.78 is 1.20. The van der Waals surface area contributed by atoms with Crippen LogP contribution < -0.4 is 5.73 Å². The topological polar surface area (TPSA) is 63.3 Å². The standard InChI is InChI=1S/C10H15NO2S2/c1-7(6-10(2,11)9(12)13)15-8-4-3-5-14-8/h3-5,7H,6,11H2,1-2H3,(H,12,13). The second-order valence-electron chi connectivity index (χ2n) is 3.79. The molecule has 5 heteroatoms. The third kappa shape index (κ3) is 3.85. The third-order valence-electron chi connectivity index (χ3n) is 2.01. The molecule has 0 aliphatic rings. The Morgan fingerprint density at radius 3 is 2.93 bits per heavy atom. The van der Waals surface area contributed by atoms with E-state index in [9.17, 15) is 4.79 Å². The number of thiophene rings is 1. The summed E-state index contributed by atoms with van der Waals surface area (Å²) in [6.45, 7) is 3.55. The van der Waals surface area contributed by atoms with Gasteiger partial charge < -0.3 is 10.8 Å². The SMILES string of the molecule is CC(CC(C)(N)C(=O)O)Sc1cccs1. The van der Waals surface area contributed by atoms with Gasteiger partial charge in [0.2, 0.25) is 0 Å². The molecule has 3 N–H and O–H groups in total. The Bertz CT molecular complexity index is 322. The zero-order valence-electron chi connectivity index (χ0n) is 8.77. The number of nitrogens with two attached hydrogens (primary N) is 1. The van der Waals surface area contributed by atoms with Crippen molar-refractivity contribution in [2.75, 3.05) is 0 Å². The second kappa shape index (κ2) is 5.01. The first-order valence-corrected chi connectivity index (χ1v) is 6.40. The highest BCUT2D eigenvalue weighted by Gasteiger charge is 2.30. The quantitative estimate of drug-likeness (QED) is 0.782. The average Bonchev–Trinajstić information content (AvgIpc) is 2.54. The van der Waals surface area contributed by atoms with E-state index in [0.29, 0.717) is 6.42 Å². The van der Waals surface area contributed by atoms with Crippen molar-refractivity contribution in [1.82, 2.24) is 0 Å². The molecule has 0 fully saturated rings. The van der Waals surface area contributed by atoms with Gasteiger partial charge in [-0.15, -0.1) is 23.1 Å². The number of carboxylic acid groups (broad SMARTS) is 1. The van der Waals surface area contributed by atoms with Gasteiger partial charge in [-0.1, -0.05) is 13.0 Å². The maximum Gasteiger partial charge on any atom is 0.323 e. The summed E-state index contributed by atoms with van der Waals surface area (Å²) in [5.74, 6) is -0.943. The van der Waals surface area contributed by atoms with Gasteiger partial charge in [0.1, 0.15) is 5.54 Å². The molecule has 0 aliphatic heterocycles. The van der Waals surface area contributed by atoms with E-state index in [0.717, 1.165) is 0 Å². The van der Waals surface area contributed by atoms with E-state index >= 15 is 0 Å². The van der Waals surface area contributed by atoms with Crippen LogP contribution in [0.25, 0.3) is 0 Å². The highest BCUT2D eigenvalue weighted by molar-refractivity contribution is 8.01. The lowest BCUT2D eigenvalue weighted by Crippen LogP contribution is -2.46. The van der Waals surface area contributed by atoms with Crippen molar-refractivity contribution in [2.24, 2.45) is 5.73 Å². The van der Waals surface area contributed by atoms with Gasteiger partial charge in [0.25, 0.3) is 0 Å². The Balaban J connectivity index is 2.49. The van der Waals surface area contributed by atoms with E-state index < -0.39 is 11.5 Å². The van der Waals surface area contributed by atoms with Crippen LogP contribution in [0.1, 0.15) is 20.3 Å². The van der Waals surface area contributed by atoms with Crippen LogP contribution in [0.15, 0.2) is 21.7 Å². The van der Waals surface area contributed by atoms with E-state index in [1.54, 1.807) is 30.0 Å². The molecule has 0 saturated carbocycles. The van der Waals surface area contributed by atoms with Crippen molar-refractivity contribution < 1.29 is 9.90 Å². The highest BCUT2D eigenvalue weighted by Crippen LogP contribution is 2.31. The summed E-state index contributed by atoms with van der Waals surface area (Å²) in [4.78, 5) is 10.8. The lowest BCUT2D eigenvalue weighted by atomic mass is 9.98. The van der Waals surface area contributed by atoms with Gasteiger partial charge in [0.05, 0.1) is 4.21 Å². The Morgan fingerprint density at radius 2 is 2.47 bits per heavy atom. The van der Waals surface area contributed by atoms with Gasteiger partial charge in [-0.05, 0) is 24.8 Å². The van der Waals surface area contributed by atoms with Crippen LogP contribution in [-0.2, 0) is 4.79 Å². The highest BCUT2D eigenvalue weighted by atomic mass is 32.2. The molecule has 1 heterocycles. The summed E-state index contributed by atoms with van der Waals surface area (Å²) >= 11 is 3.33. The third-order valence-corrected chi connectivity index (χ3v) is 4.19. The Labute approximate surface area is 97.7 Å². The Kier molecular flexibility index (Phi) is 4.19. The van der Waals surface area contributed by atoms with E-state index in [2.05, 4.69) is 0 Å². The Morgan fingerprint density at radius 1 is 1.80 bits per heavy atom. The summed E-state index contributed by atoms with van der Waals surface area (Å²) in [5.41, 5.74) is 4.54. The van der Waals surface area contributed by atoms with Gasteiger partial charge in [-0.2, -0.15) is 0 Å². The number of carboxylic acids is 1. The smallest absolute Gasteiger partial charge is 0.323 e. The minimum absolute atomic E-state index is 0.203. The zero-order chi connectivity index (χ0) is 11.5. The van der Waals surface area contributed by atoms with E-state index in [1.807, 2.05) is 24.4 Å². The van der Waals surface area contributed by atoms with E-state index in [-0.39, 0.29) is 5.25 Å². The predicted molar refractivity (Wildman–Crippen MR) is 64.5 cm³/mol. The number of thioether (sulfide) groups is 1. The summed E-state index contributed by atoms with van der Waals surface area (Å²) in [5, 5.41) is 11.1. The molecule has 2 atom stereocenters. The first-order chi connectivity index (χ1) is 6.92. The van der Waals surface area contributed by atoms with Gasteiger partial charge in [-0.25, -0.2) is 0 Å². The molecule has 1 aromatic rings. The van der Waals surface area contributed by atoms with Crippen LogP contribution in [0.4, 0.5) is 0 Å². The lowest BCUT2D eigenvalue weighted by Gasteiger charge is -2.22. The minimum atomic E-state index is -1.14. The molecule has 15 heavy (non-hydrogen) atoms. The molecule has 1 aromatic heterocycles. The number of aliphatic carboxylic acids is 1. The maximum atomic E-state index is 10.8. The molecule has 0 aliphatic carbocycles. The van der Waals surface area contributed by atoms with Gasteiger partial charge in [0, 0.05) is 5.25 Å². The first kappa shape index (κ1) is 12.5. The van der Waals surface area contributed by atoms with Gasteiger partial charge in [-0.3, -0.25) is 4.79 Å². The number of carbonyl (C=O) groups is 1. The molecule has 84 valence electrons. The number of hydrogen-bond donors (Lipinski definition) is 2. The lowest BCUT2D eigenvalue weighted by molar-refractivity contribution is -0.142. The fraction of sp³-hybridized carbons (Fsp3) is 0.500. The zero-order valence-corrected chi connectivity index (χ0v) is 10.4. The molecule has 1 rings (SSSR count). The van der Waals surface area contributed by atoms with Gasteiger partial charge in [0.15, 0.2) is 0 Å². The molecule has 0 saturated heterocycles. The monoisotopic (exact) mass is 245 g/mol. The average molecular weight is 245 g/mol. The molecule has 2 unspecified atom stereocenters. The van der Waals surface area contributed by atoms with Crippen molar-refractivity contribution in [3.05, 3.63) is 17.5 Å². The van der Waals surface area contributed by atoms with Gasteiger partial charge >= 0.3 is 5.97 Å². The molecule has 0 radical (unpaired) electrons. The Hall–Kier alpha value is -0.520. The molecule has 0 amide bonds. The van der Waals surface area contributed by atoms with Crippen LogP contribution >= 0.6 is 23.1 Å². The maximum absolute atomic E-state index is 10.8. The summed E-state index contributed by atoms with van der Waals surface area (Å²) in [7, 11) is 0. The van der Waals surface area contributed by atoms with Crippen molar-refractivity contribution in [3.8, 4) is 0 Å². The second-order valence-corrected chi connectivity index (χ2v) is 6.47. The summed E-state index contributed by atoms with van der Waals surface area (Å²) in [6.07, 6.45) is 0.463. The van der Waals surface area contributed by atoms with Crippen LogP contribution in [-0.4, -0.2) is 21.9 Å². The van der Waals surface area contributed by atoms with Crippen molar-refractivity contribution in [3.63, 3.8) is 0 Å². The van der Waals surface area contributed by atoms with Crippen LogP contribution in [0.3, 0.4) is 0 Å². The van der Waals surface area contributed by atoms with Crippen molar-refractivity contribution in [2.45, 2.75) is 35.3 Å². The molecular weight excluding hydrogens is 230 g/mol. The predicted octanol–water partition coefficient (Wildman–Crippen LogP) is 2.42. The molecule has 0 aromatic carbocycles. The van der Waals surface area contributed by atoms with Crippen molar-refractivity contribution in [1.29, 1.82) is 0 Å². The minimum Gasteiger partial charge on any atom is -0.480 e. The normalized spacial score (nSPS) is 17.0. The number of rotatable bonds is 5. The molecule has 0 spiro atoms. The van der Waals surface area contributed by atoms with E-state index in [4.69, 9.17) is 10.8 Å². The molecule has 0 bridgehead atoms. The fourth-order valence-electron chi connectivity index (χ4n) is 1.25. The molecular formula is C10H15NO2S2. The summed E-state index contributed by atoms with van der Waals surface area (Å²) in [6, 6.07) is 4.01. The van der Waals surface area contributed by atoms with Crippen molar-refractivity contribution >= 4 is 29.1 Å².